The highest BCUT2D eigenvalue weighted by Gasteiger charge is 2.65. The van der Waals surface area contributed by atoms with Gasteiger partial charge < -0.3 is 40.2 Å². The number of amides is 4. The van der Waals surface area contributed by atoms with E-state index in [1.54, 1.807) is 48.5 Å². The summed E-state index contributed by atoms with van der Waals surface area (Å²) < 4.78 is 22.5. The molecule has 11 aliphatic rings. The van der Waals surface area contributed by atoms with E-state index in [0.717, 1.165) is 12.8 Å². The van der Waals surface area contributed by atoms with Gasteiger partial charge in [0.05, 0.1) is 35.9 Å². The Morgan fingerprint density at radius 3 is 1.15 bits per heavy atom. The summed E-state index contributed by atoms with van der Waals surface area (Å²) in [5.41, 5.74) is -2.27. The van der Waals surface area contributed by atoms with Crippen LogP contribution in [0.15, 0.2) is 48.5 Å². The second kappa shape index (κ2) is 19.9. The van der Waals surface area contributed by atoms with Gasteiger partial charge in [-0.3, -0.25) is 28.8 Å². The Kier molecular flexibility index (Phi) is 14.1. The van der Waals surface area contributed by atoms with E-state index >= 15 is 0 Å². The molecule has 16 heteroatoms. The van der Waals surface area contributed by atoms with Gasteiger partial charge in [-0.25, -0.2) is 9.59 Å². The molecule has 2 aromatic carbocycles. The van der Waals surface area contributed by atoms with E-state index in [1.165, 1.54) is 14.2 Å². The standard InChI is InChI=1S/C56H72N4O12/c1-31(2)15-41-45(61)57-43(47(63)69-5)19-33-7-11-39(12-8-33)71-51(67)55-25-37-18-38(26-55)28-56(27-37,30-55)52(68)72-40-13-9-34(10-14-40)20-44(48(64)70-6)58-46(62)42(16-32(3)4)60-50(66)54-23-35-17-36(24-54)22-53(21-35,29-54)49(65)59-41/h7-14,31-32,35-38,41-44H,15-30H2,1-6H3,(H,57,61)(H,58,62)(H,59,65)(H,60,66). The number of carbonyl (C=O) groups is 8. The van der Waals surface area contributed by atoms with Crippen LogP contribution in [-0.2, 0) is 60.7 Å². The van der Waals surface area contributed by atoms with Crippen molar-refractivity contribution in [3.63, 3.8) is 0 Å². The zero-order valence-corrected chi connectivity index (χ0v) is 42.6. The van der Waals surface area contributed by atoms with E-state index < -0.39 is 69.6 Å². The van der Waals surface area contributed by atoms with Crippen LogP contribution in [0, 0.1) is 57.2 Å². The first-order valence-electron chi connectivity index (χ1n) is 26.2. The molecular formula is C56H72N4O12. The zero-order valence-electron chi connectivity index (χ0n) is 42.6. The molecule has 0 saturated heterocycles. The summed E-state index contributed by atoms with van der Waals surface area (Å²) in [5, 5.41) is 11.9. The quantitative estimate of drug-likeness (QED) is 0.198. The Morgan fingerprint density at radius 1 is 0.514 bits per heavy atom. The average Bonchev–Trinajstić information content (AvgIpc) is 3.32. The maximum absolute atomic E-state index is 14.8. The van der Waals surface area contributed by atoms with Gasteiger partial charge >= 0.3 is 23.9 Å². The largest absolute Gasteiger partial charge is 0.467 e. The molecule has 13 rings (SSSR count). The van der Waals surface area contributed by atoms with Crippen LogP contribution in [0.25, 0.3) is 0 Å². The number of benzene rings is 2. The molecule has 3 heterocycles. The normalized spacial score (nSPS) is 35.8. The maximum Gasteiger partial charge on any atom is 0.328 e. The number of hydrogen-bond donors (Lipinski definition) is 4. The highest BCUT2D eigenvalue weighted by Crippen LogP contribution is 2.67. The Morgan fingerprint density at radius 2 is 0.833 bits per heavy atom. The number of hydrogen-bond acceptors (Lipinski definition) is 12. The fraction of sp³-hybridized carbons (Fsp3) is 0.643. The van der Waals surface area contributed by atoms with Crippen LogP contribution in [0.1, 0.15) is 129 Å². The SMILES string of the molecule is COC(=O)C1Cc2ccc(cc2)OC(=O)C23CC4CC(C2)CC(C4)(C3)C(=O)Oc2ccc(cc2)CC(C(=O)OC)NC(=O)C(CC(C)C)NC(=O)C23CC4CC(CC(C4)(C2)C(=O)NC(CC(C)C)C(=O)N1)C3. The van der Waals surface area contributed by atoms with Crippen LogP contribution < -0.4 is 30.7 Å². The topological polar surface area (TPSA) is 222 Å². The molecule has 16 nitrogen and oxygen atoms in total. The van der Waals surface area contributed by atoms with Gasteiger partial charge in [-0.2, -0.15) is 0 Å². The lowest BCUT2D eigenvalue weighted by atomic mass is 9.43. The molecule has 0 radical (unpaired) electrons. The molecule has 0 aromatic heterocycles. The number of fused-ring (bicyclic) bond motifs is 2. The van der Waals surface area contributed by atoms with Crippen molar-refractivity contribution in [1.29, 1.82) is 0 Å². The summed E-state index contributed by atoms with van der Waals surface area (Å²) in [5.74, 6) is -2.71. The van der Waals surface area contributed by atoms with Crippen molar-refractivity contribution in [2.24, 2.45) is 57.2 Å². The molecule has 8 aliphatic carbocycles. The van der Waals surface area contributed by atoms with E-state index in [0.29, 0.717) is 80.4 Å². The predicted octanol–water partition coefficient (Wildman–Crippen LogP) is 5.85. The predicted molar refractivity (Wildman–Crippen MR) is 261 cm³/mol. The summed E-state index contributed by atoms with van der Waals surface area (Å²) in [6.07, 6.45) is 7.81. The number of nitrogens with one attached hydrogen (secondary N) is 4. The van der Waals surface area contributed by atoms with Gasteiger partial charge in [0.2, 0.25) is 23.6 Å². The Bertz CT molecular complexity index is 2280. The zero-order chi connectivity index (χ0) is 51.3. The van der Waals surface area contributed by atoms with Crippen molar-refractivity contribution in [3.05, 3.63) is 59.7 Å². The minimum atomic E-state index is -1.11. The van der Waals surface area contributed by atoms with Crippen molar-refractivity contribution >= 4 is 47.5 Å². The third-order valence-electron chi connectivity index (χ3n) is 17.4. The van der Waals surface area contributed by atoms with Crippen molar-refractivity contribution in [1.82, 2.24) is 21.3 Å². The van der Waals surface area contributed by atoms with Crippen LogP contribution in [0.4, 0.5) is 0 Å². The molecule has 4 unspecified atom stereocenters. The first kappa shape index (κ1) is 51.1. The number of esters is 4. The van der Waals surface area contributed by atoms with E-state index in [-0.39, 0.29) is 91.4 Å². The molecular weight excluding hydrogens is 921 g/mol. The highest BCUT2D eigenvalue weighted by molar-refractivity contribution is 5.95. The minimum absolute atomic E-state index is 0.0145. The third kappa shape index (κ3) is 10.2. The molecule has 4 spiro atoms. The Hall–Kier alpha value is -5.80. The molecule has 4 atom stereocenters. The van der Waals surface area contributed by atoms with Crippen LogP contribution in [0.2, 0.25) is 0 Å². The maximum atomic E-state index is 14.8. The summed E-state index contributed by atoms with van der Waals surface area (Å²) in [6, 6.07) is 9.36. The Labute approximate surface area is 421 Å². The lowest BCUT2D eigenvalue weighted by Crippen LogP contribution is -2.64. The van der Waals surface area contributed by atoms with Crippen molar-refractivity contribution in [2.75, 3.05) is 14.2 Å². The van der Waals surface area contributed by atoms with Gasteiger partial charge in [0.15, 0.2) is 0 Å². The molecule has 12 bridgehead atoms. The van der Waals surface area contributed by atoms with Crippen LogP contribution in [-0.4, -0.2) is 85.9 Å². The molecule has 72 heavy (non-hydrogen) atoms. The number of ether oxygens (including phenoxy) is 4. The monoisotopic (exact) mass is 993 g/mol. The van der Waals surface area contributed by atoms with Gasteiger partial charge in [0, 0.05) is 12.8 Å². The van der Waals surface area contributed by atoms with Gasteiger partial charge in [-0.15, -0.1) is 0 Å². The summed E-state index contributed by atoms with van der Waals surface area (Å²) in [6.45, 7) is 7.79. The summed E-state index contributed by atoms with van der Waals surface area (Å²) >= 11 is 0. The molecule has 388 valence electrons. The van der Waals surface area contributed by atoms with E-state index in [9.17, 15) is 38.4 Å². The fourth-order valence-electron chi connectivity index (χ4n) is 15.1. The minimum Gasteiger partial charge on any atom is -0.467 e. The van der Waals surface area contributed by atoms with Gasteiger partial charge in [0.1, 0.15) is 35.7 Å². The molecule has 4 N–H and O–H groups in total. The smallest absolute Gasteiger partial charge is 0.328 e. The first-order chi connectivity index (χ1) is 34.2. The molecule has 8 fully saturated rings. The first-order valence-corrected chi connectivity index (χ1v) is 26.2. The fourth-order valence-corrected chi connectivity index (χ4v) is 15.1. The number of rotatable bonds is 6. The molecule has 3 aliphatic heterocycles. The van der Waals surface area contributed by atoms with Crippen molar-refractivity contribution in [3.8, 4) is 11.5 Å². The van der Waals surface area contributed by atoms with Crippen molar-refractivity contribution in [2.45, 2.75) is 155 Å². The number of methoxy groups -OCH3 is 2. The van der Waals surface area contributed by atoms with Crippen molar-refractivity contribution < 1.29 is 57.3 Å². The third-order valence-corrected chi connectivity index (χ3v) is 17.4. The van der Waals surface area contributed by atoms with Crippen LogP contribution in [0.3, 0.4) is 0 Å². The van der Waals surface area contributed by atoms with Crippen LogP contribution in [0.5, 0.6) is 11.5 Å². The second-order valence-corrected chi connectivity index (χ2v) is 24.0. The van der Waals surface area contributed by atoms with E-state index in [1.807, 2.05) is 27.7 Å². The van der Waals surface area contributed by atoms with E-state index in [4.69, 9.17) is 18.9 Å². The second-order valence-electron chi connectivity index (χ2n) is 24.0. The molecule has 2 aromatic rings. The lowest BCUT2D eigenvalue weighted by Gasteiger charge is -2.60. The Balaban J connectivity index is 1.03. The lowest BCUT2D eigenvalue weighted by molar-refractivity contribution is -0.183. The molecule has 8 saturated carbocycles. The summed E-state index contributed by atoms with van der Waals surface area (Å²) in [7, 11) is 2.49. The van der Waals surface area contributed by atoms with Crippen LogP contribution >= 0.6 is 0 Å². The molecule has 4 amide bonds. The van der Waals surface area contributed by atoms with E-state index in [2.05, 4.69) is 21.3 Å². The average molecular weight is 993 g/mol. The van der Waals surface area contributed by atoms with Gasteiger partial charge in [0.25, 0.3) is 0 Å². The number of carbonyl (C=O) groups excluding carboxylic acids is 8. The highest BCUT2D eigenvalue weighted by atomic mass is 16.5. The summed E-state index contributed by atoms with van der Waals surface area (Å²) in [4.78, 5) is 113. The van der Waals surface area contributed by atoms with Gasteiger partial charge in [-0.1, -0.05) is 52.0 Å². The van der Waals surface area contributed by atoms with Gasteiger partial charge in [-0.05, 0) is 161 Å².